The van der Waals surface area contributed by atoms with Crippen molar-refractivity contribution in [3.8, 4) is 0 Å². The van der Waals surface area contributed by atoms with Gasteiger partial charge in [-0.15, -0.1) is 0 Å². The number of furan rings is 1. The number of carboxylic acid groups (broad SMARTS) is 1. The highest BCUT2D eigenvalue weighted by atomic mass is 16.4. The topological polar surface area (TPSA) is 106 Å². The van der Waals surface area contributed by atoms with E-state index in [2.05, 4.69) is 5.32 Å². The van der Waals surface area contributed by atoms with Crippen LogP contribution in [-0.2, 0) is 11.3 Å². The Kier molecular flexibility index (Phi) is 4.05. The first-order chi connectivity index (χ1) is 8.55. The zero-order valence-corrected chi connectivity index (χ0v) is 11.6. The Morgan fingerprint density at radius 1 is 1.32 bits per heavy atom. The number of nitrogens with two attached hydrogens (primary N) is 1. The summed E-state index contributed by atoms with van der Waals surface area (Å²) < 4.78 is 5.05. The third kappa shape index (κ3) is 3.35. The SMILES string of the molecule is CC(C)(N)C(C)(C)C(=O)NCc1ccc(C(=O)O)o1. The van der Waals surface area contributed by atoms with Gasteiger partial charge in [0.05, 0.1) is 12.0 Å². The van der Waals surface area contributed by atoms with E-state index in [1.807, 2.05) is 0 Å². The van der Waals surface area contributed by atoms with Crippen LogP contribution in [0.5, 0.6) is 0 Å². The summed E-state index contributed by atoms with van der Waals surface area (Å²) in [5, 5.41) is 11.4. The summed E-state index contributed by atoms with van der Waals surface area (Å²) in [4.78, 5) is 22.7. The Hall–Kier alpha value is -1.82. The standard InChI is InChI=1S/C13H20N2O4/c1-12(2,13(3,4)14)11(18)15-7-8-5-6-9(19-8)10(16)17/h5-6H,7,14H2,1-4H3,(H,15,18)(H,16,17). The molecule has 0 fully saturated rings. The maximum Gasteiger partial charge on any atom is 0.371 e. The van der Waals surface area contributed by atoms with Crippen molar-refractivity contribution in [1.82, 2.24) is 5.32 Å². The number of hydrogen-bond donors (Lipinski definition) is 3. The molecular weight excluding hydrogens is 248 g/mol. The van der Waals surface area contributed by atoms with Crippen LogP contribution >= 0.6 is 0 Å². The number of hydrogen-bond acceptors (Lipinski definition) is 4. The third-order valence-electron chi connectivity index (χ3n) is 3.47. The molecule has 1 aromatic rings. The second-order valence-corrected chi connectivity index (χ2v) is 5.60. The van der Waals surface area contributed by atoms with Crippen molar-refractivity contribution in [2.45, 2.75) is 39.8 Å². The highest BCUT2D eigenvalue weighted by Crippen LogP contribution is 2.28. The minimum absolute atomic E-state index is 0.131. The number of amides is 1. The smallest absolute Gasteiger partial charge is 0.371 e. The molecule has 0 unspecified atom stereocenters. The first-order valence-corrected chi connectivity index (χ1v) is 5.95. The zero-order valence-electron chi connectivity index (χ0n) is 11.6. The molecule has 0 aliphatic heterocycles. The quantitative estimate of drug-likeness (QED) is 0.747. The van der Waals surface area contributed by atoms with Gasteiger partial charge in [0.1, 0.15) is 5.76 Å². The highest BCUT2D eigenvalue weighted by molar-refractivity contribution is 5.84. The van der Waals surface area contributed by atoms with E-state index in [9.17, 15) is 9.59 Å². The molecule has 1 aromatic heterocycles. The van der Waals surface area contributed by atoms with Gasteiger partial charge in [0.15, 0.2) is 0 Å². The van der Waals surface area contributed by atoms with Crippen molar-refractivity contribution >= 4 is 11.9 Å². The van der Waals surface area contributed by atoms with Crippen molar-refractivity contribution in [2.75, 3.05) is 0 Å². The summed E-state index contributed by atoms with van der Waals surface area (Å²) in [7, 11) is 0. The molecule has 0 saturated heterocycles. The molecular formula is C13H20N2O4. The summed E-state index contributed by atoms with van der Waals surface area (Å²) in [5.41, 5.74) is 4.54. The molecule has 0 atom stereocenters. The monoisotopic (exact) mass is 268 g/mol. The van der Waals surface area contributed by atoms with E-state index in [4.69, 9.17) is 15.3 Å². The van der Waals surface area contributed by atoms with Crippen LogP contribution in [0.4, 0.5) is 0 Å². The predicted octanol–water partition coefficient (Wildman–Crippen LogP) is 1.36. The van der Waals surface area contributed by atoms with Crippen LogP contribution in [0.3, 0.4) is 0 Å². The minimum Gasteiger partial charge on any atom is -0.475 e. The van der Waals surface area contributed by atoms with Crippen molar-refractivity contribution in [1.29, 1.82) is 0 Å². The van der Waals surface area contributed by atoms with Gasteiger partial charge in [-0.3, -0.25) is 4.79 Å². The Morgan fingerprint density at radius 3 is 2.32 bits per heavy atom. The molecule has 0 radical (unpaired) electrons. The summed E-state index contributed by atoms with van der Waals surface area (Å²) in [6, 6.07) is 2.87. The fourth-order valence-electron chi connectivity index (χ4n) is 1.27. The molecule has 19 heavy (non-hydrogen) atoms. The van der Waals surface area contributed by atoms with E-state index in [0.717, 1.165) is 0 Å². The number of aromatic carboxylic acids is 1. The van der Waals surface area contributed by atoms with Crippen LogP contribution in [0.15, 0.2) is 16.5 Å². The van der Waals surface area contributed by atoms with Crippen molar-refractivity contribution in [3.63, 3.8) is 0 Å². The third-order valence-corrected chi connectivity index (χ3v) is 3.47. The number of nitrogens with one attached hydrogen (secondary N) is 1. The maximum atomic E-state index is 12.1. The Balaban J connectivity index is 2.66. The van der Waals surface area contributed by atoms with Gasteiger partial charge < -0.3 is 20.6 Å². The Labute approximate surface area is 112 Å². The van der Waals surface area contributed by atoms with Gasteiger partial charge in [-0.25, -0.2) is 4.79 Å². The molecule has 4 N–H and O–H groups in total. The van der Waals surface area contributed by atoms with E-state index >= 15 is 0 Å². The van der Waals surface area contributed by atoms with Crippen LogP contribution in [-0.4, -0.2) is 22.5 Å². The van der Waals surface area contributed by atoms with E-state index < -0.39 is 16.9 Å². The molecule has 0 aliphatic rings. The average molecular weight is 268 g/mol. The predicted molar refractivity (Wildman–Crippen MR) is 69.6 cm³/mol. The van der Waals surface area contributed by atoms with Gasteiger partial charge in [-0.2, -0.15) is 0 Å². The number of carbonyl (C=O) groups is 2. The summed E-state index contributed by atoms with van der Waals surface area (Å²) in [6.45, 7) is 7.20. The average Bonchev–Trinajstić information content (AvgIpc) is 2.72. The molecule has 106 valence electrons. The first-order valence-electron chi connectivity index (χ1n) is 5.95. The lowest BCUT2D eigenvalue weighted by Crippen LogP contribution is -2.55. The molecule has 0 aromatic carbocycles. The second-order valence-electron chi connectivity index (χ2n) is 5.60. The number of carbonyl (C=O) groups excluding carboxylic acids is 1. The Morgan fingerprint density at radius 2 is 1.89 bits per heavy atom. The summed E-state index contributed by atoms with van der Waals surface area (Å²) in [5.74, 6) is -1.12. The summed E-state index contributed by atoms with van der Waals surface area (Å²) in [6.07, 6.45) is 0. The molecule has 0 aliphatic carbocycles. The van der Waals surface area contributed by atoms with Gasteiger partial charge in [0.25, 0.3) is 0 Å². The lowest BCUT2D eigenvalue weighted by atomic mass is 9.74. The fourth-order valence-corrected chi connectivity index (χ4v) is 1.27. The highest BCUT2D eigenvalue weighted by Gasteiger charge is 2.40. The van der Waals surface area contributed by atoms with Crippen LogP contribution in [0.1, 0.15) is 44.0 Å². The molecule has 0 saturated carbocycles. The van der Waals surface area contributed by atoms with Crippen molar-refractivity contribution in [3.05, 3.63) is 23.7 Å². The molecule has 6 heteroatoms. The van der Waals surface area contributed by atoms with Crippen LogP contribution < -0.4 is 11.1 Å². The molecule has 0 spiro atoms. The van der Waals surface area contributed by atoms with Gasteiger partial charge in [-0.05, 0) is 39.8 Å². The van der Waals surface area contributed by atoms with E-state index in [-0.39, 0.29) is 18.2 Å². The molecule has 1 amide bonds. The zero-order chi connectivity index (χ0) is 14.8. The van der Waals surface area contributed by atoms with Gasteiger partial charge in [0, 0.05) is 5.54 Å². The first kappa shape index (κ1) is 15.2. The maximum absolute atomic E-state index is 12.1. The summed E-state index contributed by atoms with van der Waals surface area (Å²) >= 11 is 0. The fraction of sp³-hybridized carbons (Fsp3) is 0.538. The molecule has 1 rings (SSSR count). The van der Waals surface area contributed by atoms with Crippen molar-refractivity contribution in [2.24, 2.45) is 11.1 Å². The Bertz CT molecular complexity index is 483. The normalized spacial score (nSPS) is 12.3. The van der Waals surface area contributed by atoms with Crippen LogP contribution in [0, 0.1) is 5.41 Å². The van der Waals surface area contributed by atoms with Crippen LogP contribution in [0.2, 0.25) is 0 Å². The lowest BCUT2D eigenvalue weighted by Gasteiger charge is -2.36. The van der Waals surface area contributed by atoms with Gasteiger partial charge in [0.2, 0.25) is 11.7 Å². The number of rotatable bonds is 5. The van der Waals surface area contributed by atoms with Gasteiger partial charge >= 0.3 is 5.97 Å². The molecule has 1 heterocycles. The number of carboxylic acids is 1. The van der Waals surface area contributed by atoms with Gasteiger partial charge in [-0.1, -0.05) is 0 Å². The molecule has 0 bridgehead atoms. The molecule has 6 nitrogen and oxygen atoms in total. The van der Waals surface area contributed by atoms with Crippen molar-refractivity contribution < 1.29 is 19.1 Å². The minimum atomic E-state index is -1.14. The lowest BCUT2D eigenvalue weighted by molar-refractivity contribution is -0.132. The largest absolute Gasteiger partial charge is 0.475 e. The van der Waals surface area contributed by atoms with E-state index in [1.165, 1.54) is 12.1 Å². The second kappa shape index (κ2) is 5.05. The van der Waals surface area contributed by atoms with E-state index in [0.29, 0.717) is 5.76 Å². The van der Waals surface area contributed by atoms with Crippen LogP contribution in [0.25, 0.3) is 0 Å². The van der Waals surface area contributed by atoms with E-state index in [1.54, 1.807) is 27.7 Å².